The smallest absolute Gasteiger partial charge is 0.136 e. The molecule has 2 heteroatoms. The number of allylic oxidation sites excluding steroid dienone is 4. The van der Waals surface area contributed by atoms with Gasteiger partial charge in [-0.15, -0.1) is 0 Å². The van der Waals surface area contributed by atoms with Crippen LogP contribution in [0.1, 0.15) is 6.42 Å². The summed E-state index contributed by atoms with van der Waals surface area (Å²) in [6, 6.07) is 1.97. The van der Waals surface area contributed by atoms with Crippen LogP contribution < -0.4 is 0 Å². The molecule has 0 aromatic heterocycles. The number of nitrogens with zero attached hydrogens (tertiary/aromatic N) is 2. The average Bonchev–Trinajstić information content (AvgIpc) is 2.13. The second-order valence-electron chi connectivity index (χ2n) is 1.64. The molecular formula is C7H6N2. The molecule has 1 aliphatic rings. The minimum Gasteiger partial charge on any atom is -0.246 e. The van der Waals surface area contributed by atoms with Gasteiger partial charge in [0.2, 0.25) is 0 Å². The fraction of sp³-hybridized carbons (Fsp3) is 0.143. The summed E-state index contributed by atoms with van der Waals surface area (Å²) in [6.07, 6.45) is 8.01. The molecule has 9 heavy (non-hydrogen) atoms. The predicted octanol–water partition coefficient (Wildman–Crippen LogP) is 1.42. The van der Waals surface area contributed by atoms with E-state index in [-0.39, 0.29) is 0 Å². The van der Waals surface area contributed by atoms with Crippen molar-refractivity contribution in [3.8, 4) is 6.07 Å². The number of aliphatic imine (C=N–C) groups is 1. The molecule has 0 fully saturated rings. The maximum absolute atomic E-state index is 8.36. The molecule has 0 unspecified atom stereocenters. The molecule has 0 spiro atoms. The van der Waals surface area contributed by atoms with E-state index >= 15 is 0 Å². The molecule has 0 saturated carbocycles. The molecule has 0 aliphatic carbocycles. The van der Waals surface area contributed by atoms with Gasteiger partial charge in [-0.1, -0.05) is 6.08 Å². The Labute approximate surface area is 53.8 Å². The quantitative estimate of drug-likeness (QED) is 0.474. The van der Waals surface area contributed by atoms with Gasteiger partial charge in [0, 0.05) is 6.21 Å². The van der Waals surface area contributed by atoms with E-state index in [1.807, 2.05) is 18.2 Å². The highest BCUT2D eigenvalue weighted by molar-refractivity contribution is 5.73. The largest absolute Gasteiger partial charge is 0.246 e. The molecule has 44 valence electrons. The van der Waals surface area contributed by atoms with Crippen LogP contribution in [0.15, 0.2) is 28.9 Å². The van der Waals surface area contributed by atoms with Crippen molar-refractivity contribution in [1.29, 1.82) is 5.26 Å². The Bertz CT molecular complexity index is 216. The summed E-state index contributed by atoms with van der Waals surface area (Å²) in [6.45, 7) is 0. The zero-order valence-corrected chi connectivity index (χ0v) is 4.91. The number of rotatable bonds is 0. The first-order valence-electron chi connectivity index (χ1n) is 2.73. The molecule has 0 amide bonds. The fourth-order valence-electron chi connectivity index (χ4n) is 0.570. The van der Waals surface area contributed by atoms with Crippen LogP contribution in [-0.4, -0.2) is 6.21 Å². The molecular weight excluding hydrogens is 112 g/mol. The van der Waals surface area contributed by atoms with Gasteiger partial charge in [0.05, 0.1) is 0 Å². The molecule has 1 rings (SSSR count). The van der Waals surface area contributed by atoms with Crippen LogP contribution in [0.5, 0.6) is 0 Å². The van der Waals surface area contributed by atoms with Crippen molar-refractivity contribution in [3.05, 3.63) is 23.9 Å². The molecule has 0 aromatic rings. The Hall–Kier alpha value is -1.36. The molecule has 0 aromatic carbocycles. The summed E-state index contributed by atoms with van der Waals surface area (Å²) < 4.78 is 0. The molecule has 1 heterocycles. The van der Waals surface area contributed by atoms with Crippen molar-refractivity contribution in [2.75, 3.05) is 0 Å². The summed E-state index contributed by atoms with van der Waals surface area (Å²) in [5.41, 5.74) is 0.500. The van der Waals surface area contributed by atoms with Gasteiger partial charge in [0.1, 0.15) is 11.8 Å². The Morgan fingerprint density at radius 3 is 3.33 bits per heavy atom. The van der Waals surface area contributed by atoms with Gasteiger partial charge in [0.25, 0.3) is 0 Å². The van der Waals surface area contributed by atoms with Gasteiger partial charge in [0.15, 0.2) is 0 Å². The normalized spacial score (nSPS) is 16.1. The van der Waals surface area contributed by atoms with Crippen molar-refractivity contribution in [3.63, 3.8) is 0 Å². The fourth-order valence-corrected chi connectivity index (χ4v) is 0.570. The lowest BCUT2D eigenvalue weighted by Gasteiger charge is -1.79. The van der Waals surface area contributed by atoms with Gasteiger partial charge in [-0.25, -0.2) is 4.99 Å². The van der Waals surface area contributed by atoms with Gasteiger partial charge < -0.3 is 0 Å². The SMILES string of the molecule is N#CC1=CCC=CC=N1. The van der Waals surface area contributed by atoms with Crippen molar-refractivity contribution in [1.82, 2.24) is 0 Å². The van der Waals surface area contributed by atoms with Crippen LogP contribution in [0.4, 0.5) is 0 Å². The van der Waals surface area contributed by atoms with Gasteiger partial charge in [-0.05, 0) is 18.6 Å². The third kappa shape index (κ3) is 1.54. The lowest BCUT2D eigenvalue weighted by molar-refractivity contribution is 1.31. The van der Waals surface area contributed by atoms with Crippen LogP contribution in [0.25, 0.3) is 0 Å². The van der Waals surface area contributed by atoms with E-state index in [9.17, 15) is 0 Å². The van der Waals surface area contributed by atoms with E-state index in [2.05, 4.69) is 4.99 Å². The molecule has 0 radical (unpaired) electrons. The van der Waals surface area contributed by atoms with Crippen LogP contribution in [0.2, 0.25) is 0 Å². The summed E-state index contributed by atoms with van der Waals surface area (Å²) >= 11 is 0. The van der Waals surface area contributed by atoms with Gasteiger partial charge in [-0.2, -0.15) is 5.26 Å². The number of hydrogen-bond donors (Lipinski definition) is 0. The molecule has 0 saturated heterocycles. The topological polar surface area (TPSA) is 36.1 Å². The molecule has 0 N–H and O–H groups in total. The van der Waals surface area contributed by atoms with Crippen molar-refractivity contribution in [2.24, 2.45) is 4.99 Å². The van der Waals surface area contributed by atoms with E-state index in [1.54, 1.807) is 12.3 Å². The first kappa shape index (κ1) is 5.77. The number of nitriles is 1. The summed E-state index contributed by atoms with van der Waals surface area (Å²) in [7, 11) is 0. The minimum absolute atomic E-state index is 0.500. The standard InChI is InChI=1S/C7H6N2/c8-6-7-4-2-1-3-5-9-7/h1,3-5H,2H2. The third-order valence-electron chi connectivity index (χ3n) is 0.998. The van der Waals surface area contributed by atoms with E-state index in [0.29, 0.717) is 5.70 Å². The average molecular weight is 118 g/mol. The Morgan fingerprint density at radius 1 is 1.67 bits per heavy atom. The van der Waals surface area contributed by atoms with Gasteiger partial charge >= 0.3 is 0 Å². The second-order valence-corrected chi connectivity index (χ2v) is 1.64. The lowest BCUT2D eigenvalue weighted by atomic mass is 10.3. The maximum Gasteiger partial charge on any atom is 0.136 e. The second kappa shape index (κ2) is 2.83. The van der Waals surface area contributed by atoms with E-state index in [4.69, 9.17) is 5.26 Å². The van der Waals surface area contributed by atoms with Crippen LogP contribution >= 0.6 is 0 Å². The minimum atomic E-state index is 0.500. The highest BCUT2D eigenvalue weighted by atomic mass is 14.7. The Kier molecular flexibility index (Phi) is 1.81. The lowest BCUT2D eigenvalue weighted by Crippen LogP contribution is -1.68. The zero-order chi connectivity index (χ0) is 6.53. The molecule has 0 atom stereocenters. The van der Waals surface area contributed by atoms with E-state index in [1.165, 1.54) is 0 Å². The maximum atomic E-state index is 8.36. The highest BCUT2D eigenvalue weighted by Gasteiger charge is 1.88. The molecule has 1 aliphatic heterocycles. The van der Waals surface area contributed by atoms with Gasteiger partial charge in [-0.3, -0.25) is 0 Å². The molecule has 2 nitrogen and oxygen atoms in total. The Balaban J connectivity index is 2.78. The summed E-state index contributed by atoms with van der Waals surface area (Å²) in [5.74, 6) is 0. The van der Waals surface area contributed by atoms with E-state index < -0.39 is 0 Å². The van der Waals surface area contributed by atoms with Crippen LogP contribution in [0, 0.1) is 11.3 Å². The van der Waals surface area contributed by atoms with Crippen molar-refractivity contribution in [2.45, 2.75) is 6.42 Å². The van der Waals surface area contributed by atoms with Crippen molar-refractivity contribution < 1.29 is 0 Å². The van der Waals surface area contributed by atoms with Crippen LogP contribution in [0.3, 0.4) is 0 Å². The first-order valence-corrected chi connectivity index (χ1v) is 2.73. The first-order chi connectivity index (χ1) is 4.43. The summed E-state index contributed by atoms with van der Waals surface area (Å²) in [5, 5.41) is 8.36. The number of hydrogen-bond acceptors (Lipinski definition) is 2. The predicted molar refractivity (Wildman–Crippen MR) is 35.9 cm³/mol. The highest BCUT2D eigenvalue weighted by Crippen LogP contribution is 1.99. The summed E-state index contributed by atoms with van der Waals surface area (Å²) in [4.78, 5) is 3.83. The van der Waals surface area contributed by atoms with Crippen LogP contribution in [-0.2, 0) is 0 Å². The third-order valence-corrected chi connectivity index (χ3v) is 0.998. The zero-order valence-electron chi connectivity index (χ0n) is 4.91. The molecule has 0 bridgehead atoms. The van der Waals surface area contributed by atoms with Crippen molar-refractivity contribution >= 4 is 6.21 Å². The Morgan fingerprint density at radius 2 is 2.56 bits per heavy atom. The van der Waals surface area contributed by atoms with E-state index in [0.717, 1.165) is 6.42 Å². The monoisotopic (exact) mass is 118 g/mol.